The Morgan fingerprint density at radius 3 is 2.15 bits per heavy atom. The first-order chi connectivity index (χ1) is 15.6. The summed E-state index contributed by atoms with van der Waals surface area (Å²) in [5.41, 5.74) is 0.481. The van der Waals surface area contributed by atoms with Gasteiger partial charge in [-0.15, -0.1) is 0 Å². The van der Waals surface area contributed by atoms with Crippen LogP contribution in [0.15, 0.2) is 65.6 Å². The zero-order chi connectivity index (χ0) is 24.2. The summed E-state index contributed by atoms with van der Waals surface area (Å²) in [4.78, 5) is 24.8. The van der Waals surface area contributed by atoms with Gasteiger partial charge in [0, 0.05) is 21.8 Å². The molecule has 0 aliphatic heterocycles. The van der Waals surface area contributed by atoms with E-state index < -0.39 is 21.9 Å². The quantitative estimate of drug-likeness (QED) is 0.441. The molecule has 11 heteroatoms. The third-order valence-corrected chi connectivity index (χ3v) is 6.33. The van der Waals surface area contributed by atoms with Crippen molar-refractivity contribution in [3.8, 4) is 5.75 Å². The van der Waals surface area contributed by atoms with Crippen LogP contribution < -0.4 is 14.8 Å². The summed E-state index contributed by atoms with van der Waals surface area (Å²) < 4.78 is 37.8. The summed E-state index contributed by atoms with van der Waals surface area (Å²) in [6.07, 6.45) is 0. The number of sulfonamides is 1. The predicted octanol–water partition coefficient (Wildman–Crippen LogP) is 4.84. The number of hydrogen-bond donors (Lipinski definition) is 2. The van der Waals surface area contributed by atoms with Gasteiger partial charge in [-0.05, 0) is 54.6 Å². The average molecular weight is 509 g/mol. The molecule has 0 unspecified atom stereocenters. The first-order valence-electron chi connectivity index (χ1n) is 9.30. The molecule has 0 spiro atoms. The minimum atomic E-state index is -4.00. The summed E-state index contributed by atoms with van der Waals surface area (Å²) >= 11 is 11.9. The Hall–Kier alpha value is -3.27. The molecule has 33 heavy (non-hydrogen) atoms. The van der Waals surface area contributed by atoms with Gasteiger partial charge in [0.1, 0.15) is 11.3 Å². The third-order valence-electron chi connectivity index (χ3n) is 4.46. The highest BCUT2D eigenvalue weighted by atomic mass is 35.5. The molecule has 0 heterocycles. The largest absolute Gasteiger partial charge is 0.496 e. The van der Waals surface area contributed by atoms with Crippen LogP contribution in [-0.2, 0) is 14.8 Å². The minimum Gasteiger partial charge on any atom is -0.496 e. The van der Waals surface area contributed by atoms with Crippen molar-refractivity contribution in [2.24, 2.45) is 0 Å². The highest BCUT2D eigenvalue weighted by Crippen LogP contribution is 2.27. The van der Waals surface area contributed by atoms with Crippen LogP contribution in [0, 0.1) is 0 Å². The fraction of sp³-hybridized carbons (Fsp3) is 0.0909. The van der Waals surface area contributed by atoms with Crippen molar-refractivity contribution in [2.45, 2.75) is 4.90 Å². The topological polar surface area (TPSA) is 111 Å². The van der Waals surface area contributed by atoms with E-state index in [1.54, 1.807) is 0 Å². The van der Waals surface area contributed by atoms with Gasteiger partial charge >= 0.3 is 5.97 Å². The van der Waals surface area contributed by atoms with Gasteiger partial charge in [-0.1, -0.05) is 23.2 Å². The van der Waals surface area contributed by atoms with Crippen molar-refractivity contribution in [1.29, 1.82) is 0 Å². The highest BCUT2D eigenvalue weighted by molar-refractivity contribution is 7.92. The van der Waals surface area contributed by atoms with Crippen molar-refractivity contribution >= 4 is 56.5 Å². The van der Waals surface area contributed by atoms with Gasteiger partial charge in [-0.3, -0.25) is 9.52 Å². The number of anilines is 2. The maximum Gasteiger partial charge on any atom is 0.341 e. The number of ether oxygens (including phenoxy) is 2. The summed E-state index contributed by atoms with van der Waals surface area (Å²) in [6.45, 7) is 0. The fourth-order valence-electron chi connectivity index (χ4n) is 2.86. The normalized spacial score (nSPS) is 10.9. The van der Waals surface area contributed by atoms with E-state index in [9.17, 15) is 18.0 Å². The number of carbonyl (C=O) groups is 2. The second-order valence-electron chi connectivity index (χ2n) is 6.61. The maximum atomic E-state index is 13.0. The van der Waals surface area contributed by atoms with Gasteiger partial charge in [-0.2, -0.15) is 0 Å². The van der Waals surface area contributed by atoms with E-state index in [1.165, 1.54) is 74.9 Å². The van der Waals surface area contributed by atoms with Crippen molar-refractivity contribution in [2.75, 3.05) is 24.3 Å². The van der Waals surface area contributed by atoms with E-state index in [4.69, 9.17) is 32.7 Å². The smallest absolute Gasteiger partial charge is 0.341 e. The van der Waals surface area contributed by atoms with Gasteiger partial charge in [0.05, 0.1) is 30.4 Å². The van der Waals surface area contributed by atoms with Crippen LogP contribution in [0.3, 0.4) is 0 Å². The number of hydrogen-bond acceptors (Lipinski definition) is 6. The minimum absolute atomic E-state index is 0.0175. The lowest BCUT2D eigenvalue weighted by Crippen LogP contribution is -2.19. The Morgan fingerprint density at radius 1 is 0.848 bits per heavy atom. The van der Waals surface area contributed by atoms with Crippen molar-refractivity contribution in [1.82, 2.24) is 0 Å². The Labute approximate surface area is 200 Å². The Balaban J connectivity index is 1.91. The van der Waals surface area contributed by atoms with Crippen LogP contribution in [-0.4, -0.2) is 34.5 Å². The van der Waals surface area contributed by atoms with Gasteiger partial charge in [0.15, 0.2) is 0 Å². The van der Waals surface area contributed by atoms with Crippen molar-refractivity contribution < 1.29 is 27.5 Å². The van der Waals surface area contributed by atoms with Gasteiger partial charge < -0.3 is 14.8 Å². The molecule has 1 amide bonds. The molecular weight excluding hydrogens is 491 g/mol. The molecule has 3 aromatic carbocycles. The number of amides is 1. The van der Waals surface area contributed by atoms with E-state index in [-0.39, 0.29) is 32.5 Å². The zero-order valence-electron chi connectivity index (χ0n) is 17.4. The number of rotatable bonds is 7. The number of carbonyl (C=O) groups excluding carboxylic acids is 2. The van der Waals surface area contributed by atoms with Gasteiger partial charge in [-0.25, -0.2) is 13.2 Å². The number of nitrogens with one attached hydrogen (secondary N) is 2. The van der Waals surface area contributed by atoms with E-state index in [1.807, 2.05) is 0 Å². The van der Waals surface area contributed by atoms with E-state index in [2.05, 4.69) is 10.0 Å². The van der Waals surface area contributed by atoms with Crippen LogP contribution in [0.1, 0.15) is 20.7 Å². The van der Waals surface area contributed by atoms with E-state index in [0.29, 0.717) is 10.7 Å². The maximum absolute atomic E-state index is 13.0. The predicted molar refractivity (Wildman–Crippen MR) is 126 cm³/mol. The lowest BCUT2D eigenvalue weighted by molar-refractivity contribution is 0.0597. The number of benzene rings is 3. The molecule has 2 N–H and O–H groups in total. The molecule has 0 aliphatic carbocycles. The standard InChI is InChI=1S/C22H18Cl2N2O6S/c1-31-20-12-15(6-9-17(20)22(28)32-2)25-21(27)18-11-14(24)5-10-19(18)26-33(29,30)16-7-3-13(23)4-8-16/h3-12,26H,1-2H3,(H,25,27). The Morgan fingerprint density at radius 2 is 1.52 bits per heavy atom. The molecule has 3 aromatic rings. The number of halogens is 2. The number of esters is 1. The number of methoxy groups -OCH3 is 2. The van der Waals surface area contributed by atoms with Crippen LogP contribution in [0.4, 0.5) is 11.4 Å². The first-order valence-corrected chi connectivity index (χ1v) is 11.5. The van der Waals surface area contributed by atoms with E-state index >= 15 is 0 Å². The summed E-state index contributed by atoms with van der Waals surface area (Å²) in [6, 6.07) is 14.1. The molecule has 0 radical (unpaired) electrons. The monoisotopic (exact) mass is 508 g/mol. The SMILES string of the molecule is COC(=O)c1ccc(NC(=O)c2cc(Cl)ccc2NS(=O)(=O)c2ccc(Cl)cc2)cc1OC. The van der Waals surface area contributed by atoms with Crippen LogP contribution in [0.25, 0.3) is 0 Å². The molecule has 0 atom stereocenters. The van der Waals surface area contributed by atoms with Crippen LogP contribution in [0.2, 0.25) is 10.0 Å². The average Bonchev–Trinajstić information content (AvgIpc) is 2.79. The lowest BCUT2D eigenvalue weighted by Gasteiger charge is -2.14. The van der Waals surface area contributed by atoms with Gasteiger partial charge in [0.25, 0.3) is 15.9 Å². The summed E-state index contributed by atoms with van der Waals surface area (Å²) in [5, 5.41) is 3.25. The molecule has 3 rings (SSSR count). The van der Waals surface area contributed by atoms with Crippen molar-refractivity contribution in [3.63, 3.8) is 0 Å². The highest BCUT2D eigenvalue weighted by Gasteiger charge is 2.20. The summed E-state index contributed by atoms with van der Waals surface area (Å²) in [7, 11) is -1.40. The van der Waals surface area contributed by atoms with Crippen LogP contribution >= 0.6 is 23.2 Å². The second-order valence-corrected chi connectivity index (χ2v) is 9.17. The molecule has 0 aromatic heterocycles. The fourth-order valence-corrected chi connectivity index (χ4v) is 4.23. The molecule has 0 fully saturated rings. The van der Waals surface area contributed by atoms with Crippen LogP contribution in [0.5, 0.6) is 5.75 Å². The molecule has 8 nitrogen and oxygen atoms in total. The first kappa shape index (κ1) is 24.4. The molecule has 0 saturated carbocycles. The Kier molecular flexibility index (Phi) is 7.47. The Bertz CT molecular complexity index is 1310. The summed E-state index contributed by atoms with van der Waals surface area (Å²) in [5.74, 6) is -1.05. The molecule has 0 saturated heterocycles. The molecule has 0 aliphatic rings. The second kappa shape index (κ2) is 10.1. The third kappa shape index (κ3) is 5.75. The van der Waals surface area contributed by atoms with Gasteiger partial charge in [0.2, 0.25) is 0 Å². The van der Waals surface area contributed by atoms with Crippen molar-refractivity contribution in [3.05, 3.63) is 81.8 Å². The zero-order valence-corrected chi connectivity index (χ0v) is 19.7. The lowest BCUT2D eigenvalue weighted by atomic mass is 10.1. The van der Waals surface area contributed by atoms with E-state index in [0.717, 1.165) is 0 Å². The molecule has 0 bridgehead atoms. The molecular formula is C22H18Cl2N2O6S. The molecule has 172 valence electrons.